The molecule has 2 N–H and O–H groups in total. The quantitative estimate of drug-likeness (QED) is 0.837. The zero-order valence-corrected chi connectivity index (χ0v) is 13.0. The van der Waals surface area contributed by atoms with Gasteiger partial charge in [-0.05, 0) is 42.5 Å². The number of nitrogens with two attached hydrogens (primary N) is 1. The monoisotopic (exact) mass is 355 g/mol. The van der Waals surface area contributed by atoms with Crippen LogP contribution in [0.1, 0.15) is 0 Å². The number of hydrogen-bond donors (Lipinski definition) is 1. The molecule has 6 heteroatoms. The first-order valence-corrected chi connectivity index (χ1v) is 8.38. The van der Waals surface area contributed by atoms with Gasteiger partial charge in [-0.15, -0.1) is 0 Å². The summed E-state index contributed by atoms with van der Waals surface area (Å²) in [5.41, 5.74) is 6.07. The lowest BCUT2D eigenvalue weighted by atomic mass is 10.3. The fraction of sp³-hybridized carbons (Fsp3) is 0.143. The Labute approximate surface area is 126 Å². The van der Waals surface area contributed by atoms with Crippen LogP contribution in [0.5, 0.6) is 5.75 Å². The maximum absolute atomic E-state index is 12.1. The molecule has 0 heterocycles. The van der Waals surface area contributed by atoms with E-state index in [4.69, 9.17) is 10.5 Å². The van der Waals surface area contributed by atoms with E-state index in [1.165, 1.54) is 12.1 Å². The third-order valence-corrected chi connectivity index (χ3v) is 4.84. The molecule has 0 aliphatic carbocycles. The first-order valence-electron chi connectivity index (χ1n) is 5.94. The Hall–Kier alpha value is -1.53. The Bertz CT molecular complexity index is 684. The summed E-state index contributed by atoms with van der Waals surface area (Å²) in [5.74, 6) is 0.551. The zero-order valence-electron chi connectivity index (χ0n) is 10.6. The summed E-state index contributed by atoms with van der Waals surface area (Å²) in [6.07, 6.45) is 0. The second-order valence-corrected chi connectivity index (χ2v) is 7.22. The topological polar surface area (TPSA) is 69.4 Å². The lowest BCUT2D eigenvalue weighted by Crippen LogP contribution is -2.14. The maximum Gasteiger partial charge on any atom is 0.181 e. The van der Waals surface area contributed by atoms with Crippen LogP contribution in [0.15, 0.2) is 57.9 Å². The predicted molar refractivity (Wildman–Crippen MR) is 82.5 cm³/mol. The first-order chi connectivity index (χ1) is 9.47. The fourth-order valence-electron chi connectivity index (χ4n) is 1.62. The lowest BCUT2D eigenvalue weighted by Gasteiger charge is -2.08. The highest BCUT2D eigenvalue weighted by molar-refractivity contribution is 9.10. The van der Waals surface area contributed by atoms with Crippen LogP contribution in [0.25, 0.3) is 0 Å². The van der Waals surface area contributed by atoms with Crippen molar-refractivity contribution in [1.82, 2.24) is 0 Å². The largest absolute Gasteiger partial charge is 0.492 e. The normalized spacial score (nSPS) is 11.2. The molecule has 0 amide bonds. The summed E-state index contributed by atoms with van der Waals surface area (Å²) >= 11 is 3.33. The Morgan fingerprint density at radius 3 is 2.45 bits per heavy atom. The van der Waals surface area contributed by atoms with Crippen molar-refractivity contribution in [2.75, 3.05) is 18.1 Å². The predicted octanol–water partition coefficient (Wildman–Crippen LogP) is 2.88. The highest BCUT2D eigenvalue weighted by Crippen LogP contribution is 2.18. The Balaban J connectivity index is 1.98. The molecule has 0 aromatic heterocycles. The number of hydrogen-bond acceptors (Lipinski definition) is 4. The first kappa shape index (κ1) is 14.9. The molecule has 0 aliphatic rings. The summed E-state index contributed by atoms with van der Waals surface area (Å²) in [4.78, 5) is 0.254. The van der Waals surface area contributed by atoms with Crippen molar-refractivity contribution in [3.05, 3.63) is 53.0 Å². The van der Waals surface area contributed by atoms with E-state index in [0.717, 1.165) is 4.47 Å². The molecule has 0 radical (unpaired) electrons. The molecule has 20 heavy (non-hydrogen) atoms. The van der Waals surface area contributed by atoms with Gasteiger partial charge in [-0.1, -0.05) is 22.0 Å². The van der Waals surface area contributed by atoms with Crippen molar-refractivity contribution in [2.24, 2.45) is 0 Å². The van der Waals surface area contributed by atoms with Crippen LogP contribution in [0.3, 0.4) is 0 Å². The molecule has 0 fully saturated rings. The molecule has 0 aliphatic heterocycles. The molecule has 0 saturated carbocycles. The van der Waals surface area contributed by atoms with Crippen molar-refractivity contribution in [3.63, 3.8) is 0 Å². The van der Waals surface area contributed by atoms with Gasteiger partial charge in [0, 0.05) is 10.2 Å². The molecule has 2 aromatic carbocycles. The van der Waals surface area contributed by atoms with Crippen LogP contribution in [0.2, 0.25) is 0 Å². The summed E-state index contributed by atoms with van der Waals surface area (Å²) in [6, 6.07) is 13.4. The molecule has 2 rings (SSSR count). The molecule has 106 valence electrons. The van der Waals surface area contributed by atoms with E-state index in [-0.39, 0.29) is 17.3 Å². The van der Waals surface area contributed by atoms with E-state index in [1.807, 2.05) is 12.1 Å². The number of rotatable bonds is 5. The summed E-state index contributed by atoms with van der Waals surface area (Å²) in [5, 5.41) is 0. The number of benzene rings is 2. The van der Waals surface area contributed by atoms with Crippen molar-refractivity contribution in [3.8, 4) is 5.75 Å². The number of nitrogen functional groups attached to an aromatic ring is 1. The van der Waals surface area contributed by atoms with Gasteiger partial charge in [-0.2, -0.15) is 0 Å². The molecular weight excluding hydrogens is 342 g/mol. The molecule has 0 saturated heterocycles. The molecule has 0 unspecified atom stereocenters. The number of ether oxygens (including phenoxy) is 1. The number of sulfone groups is 1. The van der Waals surface area contributed by atoms with Crippen LogP contribution in [-0.4, -0.2) is 20.8 Å². The Morgan fingerprint density at radius 2 is 1.80 bits per heavy atom. The molecular formula is C14H14BrNO3S. The third kappa shape index (κ3) is 3.98. The van der Waals surface area contributed by atoms with Crippen LogP contribution in [0.4, 0.5) is 5.69 Å². The Morgan fingerprint density at radius 1 is 1.10 bits per heavy atom. The minimum atomic E-state index is -3.35. The minimum Gasteiger partial charge on any atom is -0.492 e. The third-order valence-electron chi connectivity index (χ3n) is 2.66. The van der Waals surface area contributed by atoms with E-state index in [2.05, 4.69) is 15.9 Å². The van der Waals surface area contributed by atoms with Crippen molar-refractivity contribution >= 4 is 31.5 Å². The van der Waals surface area contributed by atoms with Gasteiger partial charge in [0.2, 0.25) is 0 Å². The van der Waals surface area contributed by atoms with Gasteiger partial charge < -0.3 is 10.5 Å². The SMILES string of the molecule is Nc1ccc(S(=O)(=O)CCOc2cccc(Br)c2)cc1. The van der Waals surface area contributed by atoms with Crippen LogP contribution < -0.4 is 10.5 Å². The molecule has 0 bridgehead atoms. The summed E-state index contributed by atoms with van der Waals surface area (Å²) < 4.78 is 30.5. The average molecular weight is 356 g/mol. The average Bonchev–Trinajstić information content (AvgIpc) is 2.39. The second-order valence-electron chi connectivity index (χ2n) is 4.19. The van der Waals surface area contributed by atoms with Crippen molar-refractivity contribution in [2.45, 2.75) is 4.90 Å². The van der Waals surface area contributed by atoms with Gasteiger partial charge in [0.15, 0.2) is 9.84 Å². The lowest BCUT2D eigenvalue weighted by molar-refractivity contribution is 0.340. The molecule has 0 spiro atoms. The van der Waals surface area contributed by atoms with Gasteiger partial charge in [0.1, 0.15) is 12.4 Å². The van der Waals surface area contributed by atoms with Gasteiger partial charge in [0.05, 0.1) is 10.6 Å². The van der Waals surface area contributed by atoms with Gasteiger partial charge >= 0.3 is 0 Å². The molecule has 4 nitrogen and oxygen atoms in total. The summed E-state index contributed by atoms with van der Waals surface area (Å²) in [6.45, 7) is 0.100. The van der Waals surface area contributed by atoms with Gasteiger partial charge in [-0.3, -0.25) is 0 Å². The minimum absolute atomic E-state index is 0.0799. The zero-order chi connectivity index (χ0) is 14.6. The highest BCUT2D eigenvalue weighted by Gasteiger charge is 2.14. The fourth-order valence-corrected chi connectivity index (χ4v) is 3.09. The standard InChI is InChI=1S/C14H14BrNO3S/c15-11-2-1-3-13(10-11)19-8-9-20(17,18)14-6-4-12(16)5-7-14/h1-7,10H,8-9,16H2. The van der Waals surface area contributed by atoms with Gasteiger partial charge in [-0.25, -0.2) is 8.42 Å². The van der Waals surface area contributed by atoms with Crippen molar-refractivity contribution < 1.29 is 13.2 Å². The van der Waals surface area contributed by atoms with E-state index >= 15 is 0 Å². The van der Waals surface area contributed by atoms with E-state index in [9.17, 15) is 8.42 Å². The van der Waals surface area contributed by atoms with E-state index in [0.29, 0.717) is 11.4 Å². The number of halogens is 1. The number of anilines is 1. The van der Waals surface area contributed by atoms with E-state index in [1.54, 1.807) is 24.3 Å². The second kappa shape index (κ2) is 6.28. The highest BCUT2D eigenvalue weighted by atomic mass is 79.9. The molecule has 0 atom stereocenters. The Kier molecular flexibility index (Phi) is 4.67. The van der Waals surface area contributed by atoms with Gasteiger partial charge in [0.25, 0.3) is 0 Å². The summed E-state index contributed by atoms with van der Waals surface area (Å²) in [7, 11) is -3.35. The maximum atomic E-state index is 12.1. The smallest absolute Gasteiger partial charge is 0.181 e. The van der Waals surface area contributed by atoms with Crippen molar-refractivity contribution in [1.29, 1.82) is 0 Å². The van der Waals surface area contributed by atoms with Crippen LogP contribution in [0, 0.1) is 0 Å². The van der Waals surface area contributed by atoms with Crippen LogP contribution in [-0.2, 0) is 9.84 Å². The van der Waals surface area contributed by atoms with Crippen LogP contribution >= 0.6 is 15.9 Å². The van der Waals surface area contributed by atoms with E-state index < -0.39 is 9.84 Å². The molecule has 2 aromatic rings.